The maximum Gasteiger partial charge on any atom is 0.338 e. The minimum Gasteiger partial charge on any atom is -0.452 e. The number of hydrogen-bond acceptors (Lipinski definition) is 6. The van der Waals surface area contributed by atoms with Gasteiger partial charge in [-0.3, -0.25) is 24.1 Å². The molecule has 0 aromatic heterocycles. The number of benzene rings is 2. The van der Waals surface area contributed by atoms with Crippen LogP contribution in [0.2, 0.25) is 0 Å². The van der Waals surface area contributed by atoms with E-state index in [0.717, 1.165) is 19.3 Å². The van der Waals surface area contributed by atoms with Gasteiger partial charge in [0.1, 0.15) is 0 Å². The van der Waals surface area contributed by atoms with Crippen LogP contribution in [0.1, 0.15) is 53.8 Å². The number of carbonyl (C=O) groups excluding carboxylic acids is 5. The summed E-state index contributed by atoms with van der Waals surface area (Å²) in [5.41, 5.74) is 1.64. The van der Waals surface area contributed by atoms with E-state index in [1.807, 2.05) is 0 Å². The summed E-state index contributed by atoms with van der Waals surface area (Å²) < 4.78 is 5.07. The Hall–Kier alpha value is -3.81. The first-order chi connectivity index (χ1) is 16.2. The molecule has 0 radical (unpaired) electrons. The Balaban J connectivity index is 1.33. The van der Waals surface area contributed by atoms with Gasteiger partial charge in [-0.1, -0.05) is 6.92 Å². The smallest absolute Gasteiger partial charge is 0.338 e. The van der Waals surface area contributed by atoms with Crippen molar-refractivity contribution in [1.29, 1.82) is 0 Å². The summed E-state index contributed by atoms with van der Waals surface area (Å²) in [4.78, 5) is 62.6. The zero-order valence-corrected chi connectivity index (χ0v) is 19.1. The Morgan fingerprint density at radius 1 is 0.912 bits per heavy atom. The second-order valence-corrected chi connectivity index (χ2v) is 8.95. The SMILES string of the molecule is CC(=O)c1ccc(NC(=O)COC(=O)c2ccc(N3C(=O)[C@@H]4CC[C@H](C)C[C@H]4C3=O)cc2)cc1. The molecule has 1 heterocycles. The molecule has 1 saturated heterocycles. The number of nitrogens with zero attached hydrogens (tertiary/aromatic N) is 1. The first-order valence-electron chi connectivity index (χ1n) is 11.3. The molecule has 1 saturated carbocycles. The van der Waals surface area contributed by atoms with Gasteiger partial charge in [0.05, 0.1) is 23.1 Å². The molecular formula is C26H26N2O6. The molecule has 8 heteroatoms. The lowest BCUT2D eigenvalue weighted by atomic mass is 9.76. The lowest BCUT2D eigenvalue weighted by molar-refractivity contribution is -0.122. The molecule has 2 aliphatic rings. The molecule has 3 amide bonds. The fourth-order valence-corrected chi connectivity index (χ4v) is 4.59. The third kappa shape index (κ3) is 4.76. The molecule has 0 unspecified atom stereocenters. The highest BCUT2D eigenvalue weighted by Crippen LogP contribution is 2.42. The average Bonchev–Trinajstić information content (AvgIpc) is 3.07. The number of imide groups is 1. The fourth-order valence-electron chi connectivity index (χ4n) is 4.59. The number of carbonyl (C=O) groups is 5. The van der Waals surface area contributed by atoms with Crippen LogP contribution in [0.25, 0.3) is 0 Å². The van der Waals surface area contributed by atoms with E-state index in [0.29, 0.717) is 22.9 Å². The second-order valence-electron chi connectivity index (χ2n) is 8.95. The van der Waals surface area contributed by atoms with Crippen molar-refractivity contribution in [3.63, 3.8) is 0 Å². The largest absolute Gasteiger partial charge is 0.452 e. The number of ether oxygens (including phenoxy) is 1. The minimum atomic E-state index is -0.699. The molecular weight excluding hydrogens is 436 g/mol. The van der Waals surface area contributed by atoms with Crippen molar-refractivity contribution < 1.29 is 28.7 Å². The van der Waals surface area contributed by atoms with Gasteiger partial charge in [0.25, 0.3) is 5.91 Å². The molecule has 34 heavy (non-hydrogen) atoms. The summed E-state index contributed by atoms with van der Waals surface area (Å²) in [7, 11) is 0. The molecule has 2 aromatic rings. The summed E-state index contributed by atoms with van der Waals surface area (Å²) in [6.45, 7) is 3.06. The van der Waals surface area contributed by atoms with Gasteiger partial charge in [-0.05, 0) is 80.6 Å². The molecule has 0 bridgehead atoms. The van der Waals surface area contributed by atoms with Crippen molar-refractivity contribution >= 4 is 40.8 Å². The molecule has 1 aliphatic heterocycles. The number of fused-ring (bicyclic) bond motifs is 1. The molecule has 8 nitrogen and oxygen atoms in total. The number of amides is 3. The van der Waals surface area contributed by atoms with Crippen LogP contribution in [-0.2, 0) is 19.1 Å². The standard InChI is InChI=1S/C26H26N2O6/c1-15-3-12-21-22(13-15)25(32)28(24(21)31)20-10-6-18(7-11-20)26(33)34-14-23(30)27-19-8-4-17(5-9-19)16(2)29/h4-11,15,21-22H,3,12-14H2,1-2H3,(H,27,30)/t15-,21+,22+/m0/s1. The van der Waals surface area contributed by atoms with Crippen LogP contribution in [0.4, 0.5) is 11.4 Å². The van der Waals surface area contributed by atoms with Crippen LogP contribution in [0.5, 0.6) is 0 Å². The van der Waals surface area contributed by atoms with Gasteiger partial charge < -0.3 is 10.1 Å². The van der Waals surface area contributed by atoms with E-state index in [1.165, 1.54) is 24.0 Å². The molecule has 3 atom stereocenters. The Labute approximate surface area is 197 Å². The molecule has 2 aromatic carbocycles. The predicted octanol–water partition coefficient (Wildman–Crippen LogP) is 3.61. The van der Waals surface area contributed by atoms with E-state index in [1.54, 1.807) is 36.4 Å². The van der Waals surface area contributed by atoms with Crippen molar-refractivity contribution in [2.24, 2.45) is 17.8 Å². The summed E-state index contributed by atoms with van der Waals surface area (Å²) in [6, 6.07) is 12.4. The zero-order valence-electron chi connectivity index (χ0n) is 19.1. The third-order valence-electron chi connectivity index (χ3n) is 6.46. The van der Waals surface area contributed by atoms with Gasteiger partial charge in [-0.2, -0.15) is 0 Å². The van der Waals surface area contributed by atoms with Crippen LogP contribution < -0.4 is 10.2 Å². The quantitative estimate of drug-likeness (QED) is 0.399. The summed E-state index contributed by atoms with van der Waals surface area (Å²) in [6.07, 6.45) is 2.38. The van der Waals surface area contributed by atoms with Crippen LogP contribution in [-0.4, -0.2) is 36.1 Å². The van der Waals surface area contributed by atoms with Crippen molar-refractivity contribution in [3.8, 4) is 0 Å². The topological polar surface area (TPSA) is 110 Å². The number of Topliss-reactive ketones (excluding diaryl/α,β-unsaturated/α-hetero) is 1. The molecule has 4 rings (SSSR count). The third-order valence-corrected chi connectivity index (χ3v) is 6.46. The predicted molar refractivity (Wildman–Crippen MR) is 124 cm³/mol. The molecule has 1 N–H and O–H groups in total. The van der Waals surface area contributed by atoms with Crippen LogP contribution >= 0.6 is 0 Å². The van der Waals surface area contributed by atoms with Crippen molar-refractivity contribution in [1.82, 2.24) is 0 Å². The number of ketones is 1. The summed E-state index contributed by atoms with van der Waals surface area (Å²) >= 11 is 0. The number of nitrogens with one attached hydrogen (secondary N) is 1. The first-order valence-corrected chi connectivity index (χ1v) is 11.3. The second kappa shape index (κ2) is 9.59. The van der Waals surface area contributed by atoms with Crippen LogP contribution in [0.3, 0.4) is 0 Å². The van der Waals surface area contributed by atoms with Gasteiger partial charge in [-0.15, -0.1) is 0 Å². The highest BCUT2D eigenvalue weighted by molar-refractivity contribution is 6.22. The van der Waals surface area contributed by atoms with Crippen molar-refractivity contribution in [2.75, 3.05) is 16.8 Å². The maximum absolute atomic E-state index is 12.8. The van der Waals surface area contributed by atoms with Crippen molar-refractivity contribution in [2.45, 2.75) is 33.1 Å². The van der Waals surface area contributed by atoms with E-state index in [2.05, 4.69) is 12.2 Å². The Morgan fingerprint density at radius 3 is 2.18 bits per heavy atom. The van der Waals surface area contributed by atoms with Gasteiger partial charge in [0.15, 0.2) is 12.4 Å². The zero-order chi connectivity index (χ0) is 24.4. The van der Waals surface area contributed by atoms with E-state index in [4.69, 9.17) is 4.74 Å². The van der Waals surface area contributed by atoms with Gasteiger partial charge in [-0.25, -0.2) is 4.79 Å². The Bertz CT molecular complexity index is 1140. The Morgan fingerprint density at radius 2 is 1.53 bits per heavy atom. The molecule has 0 spiro atoms. The van der Waals surface area contributed by atoms with Crippen LogP contribution in [0, 0.1) is 17.8 Å². The first kappa shape index (κ1) is 23.4. The monoisotopic (exact) mass is 462 g/mol. The highest BCUT2D eigenvalue weighted by atomic mass is 16.5. The van der Waals surface area contributed by atoms with E-state index in [9.17, 15) is 24.0 Å². The van der Waals surface area contributed by atoms with Gasteiger partial charge >= 0.3 is 5.97 Å². The number of hydrogen-bond donors (Lipinski definition) is 1. The lowest BCUT2D eigenvalue weighted by Gasteiger charge is -2.25. The lowest BCUT2D eigenvalue weighted by Crippen LogP contribution is -2.30. The normalized spacial score (nSPS) is 21.7. The number of esters is 1. The van der Waals surface area contributed by atoms with Gasteiger partial charge in [0.2, 0.25) is 11.8 Å². The van der Waals surface area contributed by atoms with E-state index >= 15 is 0 Å². The molecule has 2 fully saturated rings. The van der Waals surface area contributed by atoms with Crippen LogP contribution in [0.15, 0.2) is 48.5 Å². The van der Waals surface area contributed by atoms with E-state index in [-0.39, 0.29) is 35.0 Å². The van der Waals surface area contributed by atoms with Gasteiger partial charge in [0, 0.05) is 11.3 Å². The van der Waals surface area contributed by atoms with Crippen molar-refractivity contribution in [3.05, 3.63) is 59.7 Å². The molecule has 1 aliphatic carbocycles. The highest BCUT2D eigenvalue weighted by Gasteiger charge is 2.49. The summed E-state index contributed by atoms with van der Waals surface area (Å²) in [5.74, 6) is -1.75. The minimum absolute atomic E-state index is 0.0794. The Kier molecular flexibility index (Phi) is 6.58. The molecule has 176 valence electrons. The summed E-state index contributed by atoms with van der Waals surface area (Å²) in [5, 5.41) is 2.59. The maximum atomic E-state index is 12.8. The number of rotatable bonds is 6. The van der Waals surface area contributed by atoms with E-state index < -0.39 is 18.5 Å². The fraction of sp³-hybridized carbons (Fsp3) is 0.346. The average molecular weight is 463 g/mol. The number of anilines is 2.